The van der Waals surface area contributed by atoms with Gasteiger partial charge in [0.1, 0.15) is 0 Å². The maximum absolute atomic E-state index is 12.4. The summed E-state index contributed by atoms with van der Waals surface area (Å²) in [6, 6.07) is 7.62. The molecule has 1 saturated heterocycles. The van der Waals surface area contributed by atoms with Crippen molar-refractivity contribution in [3.8, 4) is 0 Å². The molecule has 0 bridgehead atoms. The summed E-state index contributed by atoms with van der Waals surface area (Å²) in [5, 5.41) is 0.724. The van der Waals surface area contributed by atoms with Crippen LogP contribution in [-0.4, -0.2) is 17.3 Å². The lowest BCUT2D eigenvalue weighted by molar-refractivity contribution is -0.111. The van der Waals surface area contributed by atoms with E-state index in [9.17, 15) is 4.79 Å². The van der Waals surface area contributed by atoms with Gasteiger partial charge in [-0.15, -0.1) is 23.5 Å². The molecule has 0 radical (unpaired) electrons. The molecule has 2 aliphatic rings. The summed E-state index contributed by atoms with van der Waals surface area (Å²) in [5.74, 6) is 2.51. The molecule has 1 heterocycles. The highest BCUT2D eigenvalue weighted by molar-refractivity contribution is 8.25. The minimum Gasteiger partial charge on any atom is -0.289 e. The summed E-state index contributed by atoms with van der Waals surface area (Å²) in [6.07, 6.45) is 3.76. The highest BCUT2D eigenvalue weighted by Gasteiger charge is 2.28. The average Bonchev–Trinajstić information content (AvgIpc) is 3.03. The second kappa shape index (κ2) is 5.78. The van der Waals surface area contributed by atoms with Crippen molar-refractivity contribution < 1.29 is 4.79 Å². The van der Waals surface area contributed by atoms with Gasteiger partial charge in [-0.3, -0.25) is 4.79 Å². The van der Waals surface area contributed by atoms with Gasteiger partial charge in [0.05, 0.1) is 0 Å². The Kier molecular flexibility index (Phi) is 4.06. The van der Waals surface area contributed by atoms with E-state index in [1.807, 2.05) is 53.9 Å². The van der Waals surface area contributed by atoms with Crippen molar-refractivity contribution in [2.75, 3.05) is 11.5 Å². The predicted octanol–water partition coefficient (Wildman–Crippen LogP) is 4.78. The Bertz CT molecular complexity index is 564. The summed E-state index contributed by atoms with van der Waals surface area (Å²) in [4.78, 5) is 12.4. The molecule has 98 valence electrons. The maximum Gasteiger partial charge on any atom is 0.186 e. The van der Waals surface area contributed by atoms with Crippen molar-refractivity contribution >= 4 is 47.0 Å². The standard InChI is InChI=1S/C15H13ClOS2/c16-12-4-1-10(2-5-12)9-11-3-6-13(14(11)17)15-18-7-8-19-15/h1-2,4-5,9H,3,6-8H2. The van der Waals surface area contributed by atoms with Gasteiger partial charge < -0.3 is 0 Å². The molecule has 2 fully saturated rings. The zero-order valence-corrected chi connectivity index (χ0v) is 12.7. The van der Waals surface area contributed by atoms with Crippen molar-refractivity contribution in [1.29, 1.82) is 0 Å². The van der Waals surface area contributed by atoms with Crippen LogP contribution < -0.4 is 0 Å². The Labute approximate surface area is 126 Å². The molecule has 0 unspecified atom stereocenters. The van der Waals surface area contributed by atoms with Crippen molar-refractivity contribution in [1.82, 2.24) is 0 Å². The molecule has 0 atom stereocenters. The largest absolute Gasteiger partial charge is 0.289 e. The minimum absolute atomic E-state index is 0.242. The first kappa shape index (κ1) is 13.3. The quantitative estimate of drug-likeness (QED) is 0.695. The van der Waals surface area contributed by atoms with Crippen molar-refractivity contribution in [2.24, 2.45) is 0 Å². The van der Waals surface area contributed by atoms with E-state index in [1.54, 1.807) is 0 Å². The molecule has 1 aromatic carbocycles. The first-order chi connectivity index (χ1) is 9.24. The molecule has 1 nitrogen and oxygen atoms in total. The van der Waals surface area contributed by atoms with Crippen molar-refractivity contribution in [3.05, 3.63) is 50.2 Å². The number of Topliss-reactive ketones (excluding diaryl/α,β-unsaturated/α-hetero) is 1. The van der Waals surface area contributed by atoms with E-state index in [-0.39, 0.29) is 5.78 Å². The molecule has 1 aliphatic heterocycles. The van der Waals surface area contributed by atoms with Crippen LogP contribution >= 0.6 is 35.1 Å². The molecule has 0 spiro atoms. The lowest BCUT2D eigenvalue weighted by Crippen LogP contribution is -1.96. The van der Waals surface area contributed by atoms with Crippen LogP contribution in [-0.2, 0) is 4.79 Å². The summed E-state index contributed by atoms with van der Waals surface area (Å²) >= 11 is 9.53. The number of hydrogen-bond acceptors (Lipinski definition) is 3. The van der Waals surface area contributed by atoms with Gasteiger partial charge in [-0.05, 0) is 36.6 Å². The zero-order chi connectivity index (χ0) is 13.2. The molecule has 19 heavy (non-hydrogen) atoms. The number of allylic oxidation sites excluding steroid dienone is 2. The highest BCUT2D eigenvalue weighted by Crippen LogP contribution is 2.43. The van der Waals surface area contributed by atoms with Crippen LogP contribution in [0.15, 0.2) is 39.6 Å². The number of rotatable bonds is 1. The Balaban J connectivity index is 1.85. The molecule has 1 aromatic rings. The Morgan fingerprint density at radius 1 is 1.05 bits per heavy atom. The van der Waals surface area contributed by atoms with Crippen LogP contribution in [0.1, 0.15) is 18.4 Å². The summed E-state index contributed by atoms with van der Waals surface area (Å²) in [7, 11) is 0. The number of benzene rings is 1. The van der Waals surface area contributed by atoms with Gasteiger partial charge in [-0.1, -0.05) is 23.7 Å². The second-order valence-corrected chi connectivity index (χ2v) is 7.42. The topological polar surface area (TPSA) is 17.1 Å². The first-order valence-electron chi connectivity index (χ1n) is 6.23. The average molecular weight is 309 g/mol. The minimum atomic E-state index is 0.242. The van der Waals surface area contributed by atoms with Gasteiger partial charge in [0.25, 0.3) is 0 Å². The zero-order valence-electron chi connectivity index (χ0n) is 10.3. The number of halogens is 1. The molecule has 0 aromatic heterocycles. The van der Waals surface area contributed by atoms with Crippen LogP contribution in [0.25, 0.3) is 6.08 Å². The van der Waals surface area contributed by atoms with E-state index in [0.29, 0.717) is 0 Å². The van der Waals surface area contributed by atoms with Crippen LogP contribution in [0.5, 0.6) is 0 Å². The molecule has 1 saturated carbocycles. The molecule has 0 N–H and O–H groups in total. The van der Waals surface area contributed by atoms with Crippen LogP contribution in [0.4, 0.5) is 0 Å². The van der Waals surface area contributed by atoms with Crippen LogP contribution in [0, 0.1) is 0 Å². The van der Waals surface area contributed by atoms with E-state index in [4.69, 9.17) is 11.6 Å². The molecule has 0 amide bonds. The Morgan fingerprint density at radius 2 is 1.74 bits per heavy atom. The van der Waals surface area contributed by atoms with E-state index >= 15 is 0 Å². The Morgan fingerprint density at radius 3 is 2.42 bits per heavy atom. The molecular formula is C15H13ClOS2. The second-order valence-electron chi connectivity index (χ2n) is 4.51. The van der Waals surface area contributed by atoms with Gasteiger partial charge in [0.2, 0.25) is 0 Å². The summed E-state index contributed by atoms with van der Waals surface area (Å²) in [6.45, 7) is 0. The molecule has 4 heteroatoms. The monoisotopic (exact) mass is 308 g/mol. The van der Waals surface area contributed by atoms with E-state index < -0.39 is 0 Å². The fourth-order valence-electron chi connectivity index (χ4n) is 2.26. The number of ketones is 1. The lowest BCUT2D eigenvalue weighted by Gasteiger charge is -2.00. The number of carbonyl (C=O) groups excluding carboxylic acids is 1. The third kappa shape index (κ3) is 2.93. The van der Waals surface area contributed by atoms with Gasteiger partial charge in [0, 0.05) is 31.9 Å². The fourth-order valence-corrected chi connectivity index (χ4v) is 4.99. The lowest BCUT2D eigenvalue weighted by atomic mass is 10.1. The molecular weight excluding hydrogens is 296 g/mol. The third-order valence-corrected chi connectivity index (χ3v) is 6.27. The first-order valence-corrected chi connectivity index (χ1v) is 8.58. The van der Waals surface area contributed by atoms with E-state index in [1.165, 1.54) is 4.24 Å². The van der Waals surface area contributed by atoms with Gasteiger partial charge in [0.15, 0.2) is 5.78 Å². The van der Waals surface area contributed by atoms with Crippen LogP contribution in [0.3, 0.4) is 0 Å². The van der Waals surface area contributed by atoms with Gasteiger partial charge in [-0.2, -0.15) is 0 Å². The van der Waals surface area contributed by atoms with Crippen molar-refractivity contribution in [3.63, 3.8) is 0 Å². The van der Waals surface area contributed by atoms with E-state index in [0.717, 1.165) is 46.1 Å². The number of thioether (sulfide) groups is 2. The smallest absolute Gasteiger partial charge is 0.186 e. The SMILES string of the molecule is O=C1C(=Cc2ccc(Cl)cc2)CCC1=C1SCCS1. The number of carbonyl (C=O) groups is 1. The molecule has 3 rings (SSSR count). The third-order valence-electron chi connectivity index (χ3n) is 3.22. The van der Waals surface area contributed by atoms with Crippen molar-refractivity contribution in [2.45, 2.75) is 12.8 Å². The summed E-state index contributed by atoms with van der Waals surface area (Å²) in [5.41, 5.74) is 3.01. The summed E-state index contributed by atoms with van der Waals surface area (Å²) < 4.78 is 1.25. The normalized spacial score (nSPS) is 21.7. The van der Waals surface area contributed by atoms with Crippen LogP contribution in [0.2, 0.25) is 5.02 Å². The predicted molar refractivity (Wildman–Crippen MR) is 85.6 cm³/mol. The van der Waals surface area contributed by atoms with Gasteiger partial charge in [-0.25, -0.2) is 0 Å². The van der Waals surface area contributed by atoms with E-state index in [2.05, 4.69) is 0 Å². The Hall–Kier alpha value is -0.640. The maximum atomic E-state index is 12.4. The molecule has 1 aliphatic carbocycles. The van der Waals surface area contributed by atoms with Gasteiger partial charge >= 0.3 is 0 Å². The fraction of sp³-hybridized carbons (Fsp3) is 0.267. The number of hydrogen-bond donors (Lipinski definition) is 0. The highest BCUT2D eigenvalue weighted by atomic mass is 35.5.